The molecular weight excluding hydrogens is 352 g/mol. The molecule has 0 N–H and O–H groups in total. The lowest BCUT2D eigenvalue weighted by molar-refractivity contribution is -0.127. The number of para-hydroxylation sites is 1. The molecular formula is C18H22N4O3S. The molecule has 0 radical (unpaired) electrons. The maximum absolute atomic E-state index is 13.2. The average molecular weight is 374 g/mol. The SMILES string of the molecule is Cn1cnc(S(=O)(=O)N2CCCC3(CCN(c4ccccc4)C3=O)C2)c1. The van der Waals surface area contributed by atoms with Gasteiger partial charge in [-0.25, -0.2) is 13.4 Å². The Morgan fingerprint density at radius 3 is 2.58 bits per heavy atom. The topological polar surface area (TPSA) is 75.5 Å². The van der Waals surface area contributed by atoms with Crippen LogP contribution in [0, 0.1) is 5.41 Å². The minimum atomic E-state index is -3.68. The Balaban J connectivity index is 1.60. The largest absolute Gasteiger partial charge is 0.339 e. The summed E-state index contributed by atoms with van der Waals surface area (Å²) in [6.45, 7) is 1.29. The van der Waals surface area contributed by atoms with E-state index in [2.05, 4.69) is 4.98 Å². The number of hydrogen-bond acceptors (Lipinski definition) is 4. The molecule has 2 saturated heterocycles. The highest BCUT2D eigenvalue weighted by atomic mass is 32.2. The molecule has 1 spiro atoms. The minimum absolute atomic E-state index is 0.0321. The number of piperidine rings is 1. The molecule has 1 amide bonds. The van der Waals surface area contributed by atoms with Gasteiger partial charge in [0.25, 0.3) is 10.0 Å². The van der Waals surface area contributed by atoms with Gasteiger partial charge < -0.3 is 9.47 Å². The molecule has 7 nitrogen and oxygen atoms in total. The smallest absolute Gasteiger partial charge is 0.262 e. The van der Waals surface area contributed by atoms with Crippen LogP contribution in [0.5, 0.6) is 0 Å². The third kappa shape index (κ3) is 2.73. The van der Waals surface area contributed by atoms with Gasteiger partial charge in [-0.05, 0) is 31.4 Å². The van der Waals surface area contributed by atoms with Crippen molar-refractivity contribution in [1.29, 1.82) is 0 Å². The number of amides is 1. The molecule has 3 heterocycles. The molecule has 2 fully saturated rings. The fourth-order valence-corrected chi connectivity index (χ4v) is 5.53. The zero-order chi connectivity index (χ0) is 18.4. The van der Waals surface area contributed by atoms with Gasteiger partial charge in [-0.3, -0.25) is 4.79 Å². The number of imidazole rings is 1. The number of aromatic nitrogens is 2. The van der Waals surface area contributed by atoms with Crippen molar-refractivity contribution in [2.24, 2.45) is 12.5 Å². The fourth-order valence-electron chi connectivity index (χ4n) is 4.00. The molecule has 0 bridgehead atoms. The fraction of sp³-hybridized carbons (Fsp3) is 0.444. The summed E-state index contributed by atoms with van der Waals surface area (Å²) in [6, 6.07) is 9.57. The summed E-state index contributed by atoms with van der Waals surface area (Å²) in [7, 11) is -1.94. The van der Waals surface area contributed by atoms with E-state index < -0.39 is 15.4 Å². The predicted molar refractivity (Wildman–Crippen MR) is 97.0 cm³/mol. The number of hydrogen-bond donors (Lipinski definition) is 0. The summed E-state index contributed by atoms with van der Waals surface area (Å²) in [6.07, 6.45) is 5.06. The molecule has 2 aromatic rings. The highest BCUT2D eigenvalue weighted by molar-refractivity contribution is 7.89. The normalized spacial score (nSPS) is 24.5. The van der Waals surface area contributed by atoms with E-state index in [9.17, 15) is 13.2 Å². The van der Waals surface area contributed by atoms with Crippen LogP contribution in [0.15, 0.2) is 47.9 Å². The van der Waals surface area contributed by atoms with Gasteiger partial charge in [-0.2, -0.15) is 4.31 Å². The lowest BCUT2D eigenvalue weighted by atomic mass is 9.79. The Hall–Kier alpha value is -2.19. The molecule has 26 heavy (non-hydrogen) atoms. The van der Waals surface area contributed by atoms with Gasteiger partial charge in [0.15, 0.2) is 5.03 Å². The number of carbonyl (C=O) groups excluding carboxylic acids is 1. The first-order chi connectivity index (χ1) is 12.4. The van der Waals surface area contributed by atoms with Crippen LogP contribution in [0.1, 0.15) is 19.3 Å². The van der Waals surface area contributed by atoms with Gasteiger partial charge in [0, 0.05) is 38.6 Å². The lowest BCUT2D eigenvalue weighted by Gasteiger charge is -2.37. The Bertz CT molecular complexity index is 925. The molecule has 4 rings (SSSR count). The van der Waals surface area contributed by atoms with E-state index in [4.69, 9.17) is 0 Å². The average Bonchev–Trinajstić information content (AvgIpc) is 3.21. The summed E-state index contributed by atoms with van der Waals surface area (Å²) in [5.74, 6) is 0.0321. The van der Waals surface area contributed by atoms with E-state index >= 15 is 0 Å². The Morgan fingerprint density at radius 2 is 1.88 bits per heavy atom. The maximum atomic E-state index is 13.2. The lowest BCUT2D eigenvalue weighted by Crippen LogP contribution is -2.49. The minimum Gasteiger partial charge on any atom is -0.339 e. The molecule has 0 saturated carbocycles. The van der Waals surface area contributed by atoms with E-state index in [0.717, 1.165) is 12.1 Å². The molecule has 2 aliphatic rings. The summed E-state index contributed by atoms with van der Waals surface area (Å²) >= 11 is 0. The van der Waals surface area contributed by atoms with E-state index in [1.807, 2.05) is 30.3 Å². The molecule has 8 heteroatoms. The van der Waals surface area contributed by atoms with E-state index in [1.165, 1.54) is 16.8 Å². The summed E-state index contributed by atoms with van der Waals surface area (Å²) in [4.78, 5) is 19.0. The molecule has 2 aliphatic heterocycles. The zero-order valence-electron chi connectivity index (χ0n) is 14.7. The van der Waals surface area contributed by atoms with E-state index in [0.29, 0.717) is 25.9 Å². The standard InChI is InChI=1S/C18H22N4O3S/c1-20-12-16(19-14-20)26(24,25)21-10-5-8-18(13-21)9-11-22(17(18)23)15-6-3-2-4-7-15/h2-4,6-7,12,14H,5,8-11,13H2,1H3. The van der Waals surface area contributed by atoms with Crippen LogP contribution < -0.4 is 4.90 Å². The van der Waals surface area contributed by atoms with Crippen molar-refractivity contribution in [2.45, 2.75) is 24.3 Å². The molecule has 0 aliphatic carbocycles. The maximum Gasteiger partial charge on any atom is 0.262 e. The molecule has 138 valence electrons. The summed E-state index contributed by atoms with van der Waals surface area (Å²) in [5.41, 5.74) is 0.245. The third-order valence-electron chi connectivity index (χ3n) is 5.41. The van der Waals surface area contributed by atoms with Gasteiger partial charge in [-0.15, -0.1) is 0 Å². The van der Waals surface area contributed by atoms with Crippen molar-refractivity contribution in [3.63, 3.8) is 0 Å². The van der Waals surface area contributed by atoms with Gasteiger partial charge >= 0.3 is 0 Å². The number of sulfonamides is 1. The Labute approximate surface area is 153 Å². The first kappa shape index (κ1) is 17.2. The van der Waals surface area contributed by atoms with Crippen LogP contribution in [0.4, 0.5) is 5.69 Å². The van der Waals surface area contributed by atoms with Crippen LogP contribution in [-0.2, 0) is 21.9 Å². The van der Waals surface area contributed by atoms with Crippen molar-refractivity contribution in [2.75, 3.05) is 24.5 Å². The number of nitrogens with zero attached hydrogens (tertiary/aromatic N) is 4. The predicted octanol–water partition coefficient (Wildman–Crippen LogP) is 1.63. The van der Waals surface area contributed by atoms with Crippen molar-refractivity contribution >= 4 is 21.6 Å². The van der Waals surface area contributed by atoms with Crippen LogP contribution >= 0.6 is 0 Å². The van der Waals surface area contributed by atoms with Crippen LogP contribution in [0.25, 0.3) is 0 Å². The van der Waals surface area contributed by atoms with Crippen molar-refractivity contribution in [3.8, 4) is 0 Å². The second-order valence-electron chi connectivity index (χ2n) is 7.14. The van der Waals surface area contributed by atoms with Crippen molar-refractivity contribution in [1.82, 2.24) is 13.9 Å². The highest BCUT2D eigenvalue weighted by Gasteiger charge is 2.51. The van der Waals surface area contributed by atoms with Crippen LogP contribution in [0.3, 0.4) is 0 Å². The molecule has 1 atom stereocenters. The quantitative estimate of drug-likeness (QED) is 0.818. The van der Waals surface area contributed by atoms with Gasteiger partial charge in [-0.1, -0.05) is 18.2 Å². The van der Waals surface area contributed by atoms with E-state index in [1.54, 1.807) is 16.5 Å². The molecule has 1 unspecified atom stereocenters. The van der Waals surface area contributed by atoms with Crippen LogP contribution in [0.2, 0.25) is 0 Å². The van der Waals surface area contributed by atoms with Crippen LogP contribution in [-0.4, -0.2) is 47.8 Å². The summed E-state index contributed by atoms with van der Waals surface area (Å²) < 4.78 is 28.9. The van der Waals surface area contributed by atoms with Crippen molar-refractivity contribution < 1.29 is 13.2 Å². The number of benzene rings is 1. The van der Waals surface area contributed by atoms with Crippen molar-refractivity contribution in [3.05, 3.63) is 42.9 Å². The van der Waals surface area contributed by atoms with Gasteiger partial charge in [0.1, 0.15) is 0 Å². The van der Waals surface area contributed by atoms with Gasteiger partial charge in [0.05, 0.1) is 11.7 Å². The summed E-state index contributed by atoms with van der Waals surface area (Å²) in [5, 5.41) is 0.0439. The highest BCUT2D eigenvalue weighted by Crippen LogP contribution is 2.42. The number of carbonyl (C=O) groups is 1. The third-order valence-corrected chi connectivity index (χ3v) is 7.14. The van der Waals surface area contributed by atoms with E-state index in [-0.39, 0.29) is 17.5 Å². The zero-order valence-corrected chi connectivity index (χ0v) is 15.5. The van der Waals surface area contributed by atoms with Gasteiger partial charge in [0.2, 0.25) is 5.91 Å². The second-order valence-corrected chi connectivity index (χ2v) is 9.03. The Morgan fingerprint density at radius 1 is 1.12 bits per heavy atom. The Kier molecular flexibility index (Phi) is 4.11. The number of aryl methyl sites for hydroxylation is 1. The molecule has 1 aromatic carbocycles. The monoisotopic (exact) mass is 374 g/mol. The number of anilines is 1. The number of rotatable bonds is 3. The first-order valence-corrected chi connectivity index (χ1v) is 10.2. The second kappa shape index (κ2) is 6.21. The first-order valence-electron chi connectivity index (χ1n) is 8.78. The molecule has 1 aromatic heterocycles.